The van der Waals surface area contributed by atoms with Crippen LogP contribution in [0.2, 0.25) is 0 Å². The van der Waals surface area contributed by atoms with Gasteiger partial charge < -0.3 is 19.8 Å². The molecule has 1 amide bonds. The van der Waals surface area contributed by atoms with Crippen LogP contribution >= 0.6 is 7.82 Å². The number of nitrogens with zero attached hydrogens (tertiary/aromatic N) is 1. The van der Waals surface area contributed by atoms with Crippen molar-refractivity contribution in [3.63, 3.8) is 0 Å². The van der Waals surface area contributed by atoms with E-state index in [1.54, 1.807) is 6.08 Å². The minimum atomic E-state index is -4.37. The van der Waals surface area contributed by atoms with Gasteiger partial charge in [-0.05, 0) is 103 Å². The molecule has 0 aromatic rings. The molecule has 0 heterocycles. The highest BCUT2D eigenvalue weighted by Crippen LogP contribution is 2.43. The molecule has 89 heavy (non-hydrogen) atoms. The highest BCUT2D eigenvalue weighted by molar-refractivity contribution is 7.47. The number of aliphatic hydroxyl groups is 1. The normalized spacial score (nSPS) is 14.3. The molecule has 514 valence electrons. The quantitative estimate of drug-likeness (QED) is 0.0243. The molecule has 0 rings (SSSR count). The number of carbonyl (C=O) groups is 1. The van der Waals surface area contributed by atoms with Gasteiger partial charge in [0.2, 0.25) is 5.91 Å². The fraction of sp³-hybridized carbons (Fsp3) is 0.738. The highest BCUT2D eigenvalue weighted by Gasteiger charge is 2.28. The third kappa shape index (κ3) is 72.2. The molecule has 0 aromatic carbocycles. The predicted octanol–water partition coefficient (Wildman–Crippen LogP) is 24.4. The maximum atomic E-state index is 13.1. The summed E-state index contributed by atoms with van der Waals surface area (Å²) in [6.07, 6.45) is 104. The molecule has 0 saturated carbocycles. The number of hydrogen-bond donors (Lipinski definition) is 3. The number of phosphoric acid groups is 1. The molecular formula is C80H144N2O6P+. The summed E-state index contributed by atoms with van der Waals surface area (Å²) in [7, 11) is 1.55. The van der Waals surface area contributed by atoms with E-state index in [2.05, 4.69) is 129 Å². The van der Waals surface area contributed by atoms with Gasteiger partial charge in [0.1, 0.15) is 13.2 Å². The van der Waals surface area contributed by atoms with Crippen LogP contribution in [0.1, 0.15) is 328 Å². The minimum absolute atomic E-state index is 0.0501. The Morgan fingerprint density at radius 1 is 0.393 bits per heavy atom. The average molecular weight is 1260 g/mol. The van der Waals surface area contributed by atoms with Crippen LogP contribution in [0.15, 0.2) is 122 Å². The van der Waals surface area contributed by atoms with Gasteiger partial charge in [0, 0.05) is 6.42 Å². The van der Waals surface area contributed by atoms with Crippen molar-refractivity contribution in [2.75, 3.05) is 40.9 Å². The van der Waals surface area contributed by atoms with Gasteiger partial charge in [-0.3, -0.25) is 13.8 Å². The van der Waals surface area contributed by atoms with Crippen LogP contribution < -0.4 is 5.32 Å². The Labute approximate surface area is 552 Å². The molecule has 0 radical (unpaired) electrons. The lowest BCUT2D eigenvalue weighted by atomic mass is 10.0. The van der Waals surface area contributed by atoms with Crippen molar-refractivity contribution in [3.8, 4) is 0 Å². The number of unbranched alkanes of at least 4 members (excludes halogenated alkanes) is 37. The van der Waals surface area contributed by atoms with Crippen LogP contribution in [-0.4, -0.2) is 73.4 Å². The number of quaternary nitrogens is 1. The summed E-state index contributed by atoms with van der Waals surface area (Å²) in [6.45, 7) is 4.70. The van der Waals surface area contributed by atoms with Gasteiger partial charge in [-0.1, -0.05) is 341 Å². The van der Waals surface area contributed by atoms with Gasteiger partial charge in [-0.25, -0.2) is 4.57 Å². The van der Waals surface area contributed by atoms with Gasteiger partial charge in [-0.15, -0.1) is 0 Å². The van der Waals surface area contributed by atoms with Crippen molar-refractivity contribution >= 4 is 13.7 Å². The summed E-state index contributed by atoms with van der Waals surface area (Å²) in [6, 6.07) is -0.878. The zero-order valence-electron chi connectivity index (χ0n) is 58.9. The molecule has 0 aliphatic carbocycles. The zero-order valence-corrected chi connectivity index (χ0v) is 59.8. The second-order valence-electron chi connectivity index (χ2n) is 26.3. The van der Waals surface area contributed by atoms with Crippen molar-refractivity contribution in [3.05, 3.63) is 122 Å². The van der Waals surface area contributed by atoms with Crippen molar-refractivity contribution < 1.29 is 32.9 Å². The van der Waals surface area contributed by atoms with E-state index >= 15 is 0 Å². The fourth-order valence-electron chi connectivity index (χ4n) is 10.6. The van der Waals surface area contributed by atoms with E-state index in [9.17, 15) is 19.4 Å². The summed E-state index contributed by atoms with van der Waals surface area (Å²) in [5.41, 5.74) is 0. The van der Waals surface area contributed by atoms with Crippen LogP contribution in [0.4, 0.5) is 0 Å². The minimum Gasteiger partial charge on any atom is -0.387 e. The van der Waals surface area contributed by atoms with E-state index in [0.717, 1.165) is 89.9 Å². The van der Waals surface area contributed by atoms with E-state index < -0.39 is 20.0 Å². The maximum Gasteiger partial charge on any atom is 0.472 e. The number of allylic oxidation sites excluding steroid dienone is 19. The number of aliphatic hydroxyl groups excluding tert-OH is 1. The third-order valence-corrected chi connectivity index (χ3v) is 17.4. The lowest BCUT2D eigenvalue weighted by molar-refractivity contribution is -0.870. The topological polar surface area (TPSA) is 105 Å². The molecule has 0 saturated heterocycles. The van der Waals surface area contributed by atoms with Gasteiger partial charge in [0.25, 0.3) is 0 Å². The lowest BCUT2D eigenvalue weighted by Crippen LogP contribution is -2.45. The van der Waals surface area contributed by atoms with Crippen molar-refractivity contribution in [1.82, 2.24) is 5.32 Å². The van der Waals surface area contributed by atoms with Gasteiger partial charge in [0.15, 0.2) is 0 Å². The van der Waals surface area contributed by atoms with Crippen LogP contribution in [0, 0.1) is 0 Å². The standard InChI is InChI=1S/C80H143N2O6P/c1-6-8-10-12-14-16-18-20-22-24-26-28-30-32-34-36-37-38-39-40-41-42-43-44-45-46-48-50-52-54-56-58-60-62-64-66-68-70-72-74-80(84)81-78(77-88-89(85,86)87-76-75-82(3,4)5)79(83)73-71-69-67-65-63-61-59-57-55-53-51-49-47-35-33-31-29-27-25-23-21-19-17-15-13-11-9-7-2/h8,10,14,16,20,22,26,28,32,34,37-38,40-41,55,57,63,65,71,73,78-79,83H,6-7,9,11-13,15,17-19,21,23-25,27,29-31,33,35-36,39,42-54,56,58-62,64,66-70,72,74-77H2,1-5H3,(H-,81,84,85,86)/p+1/b10-8-,16-14-,22-20-,28-26-,34-32-,38-37-,41-40-,57-55+,65-63+,73-71+. The van der Waals surface area contributed by atoms with Crippen LogP contribution in [0.25, 0.3) is 0 Å². The third-order valence-electron chi connectivity index (χ3n) is 16.4. The lowest BCUT2D eigenvalue weighted by Gasteiger charge is -2.25. The molecule has 3 atom stereocenters. The number of hydrogen-bond acceptors (Lipinski definition) is 5. The largest absolute Gasteiger partial charge is 0.472 e. The molecule has 3 unspecified atom stereocenters. The molecule has 0 fully saturated rings. The van der Waals surface area contributed by atoms with E-state index in [0.29, 0.717) is 17.4 Å². The Kier molecular flexibility index (Phi) is 66.8. The van der Waals surface area contributed by atoms with E-state index in [4.69, 9.17) is 9.05 Å². The Morgan fingerprint density at radius 3 is 1.03 bits per heavy atom. The Balaban J connectivity index is 4.08. The Morgan fingerprint density at radius 2 is 0.685 bits per heavy atom. The summed E-state index contributed by atoms with van der Waals surface area (Å²) >= 11 is 0. The number of phosphoric ester groups is 1. The summed E-state index contributed by atoms with van der Waals surface area (Å²) in [5, 5.41) is 14.0. The second-order valence-corrected chi connectivity index (χ2v) is 27.7. The molecule has 3 N–H and O–H groups in total. The van der Waals surface area contributed by atoms with Crippen molar-refractivity contribution in [1.29, 1.82) is 0 Å². The van der Waals surface area contributed by atoms with E-state index in [1.165, 1.54) is 218 Å². The number of carbonyl (C=O) groups excluding carboxylic acids is 1. The van der Waals surface area contributed by atoms with Gasteiger partial charge in [-0.2, -0.15) is 0 Å². The van der Waals surface area contributed by atoms with Crippen LogP contribution in [0.3, 0.4) is 0 Å². The predicted molar refractivity (Wildman–Crippen MR) is 392 cm³/mol. The monoisotopic (exact) mass is 1260 g/mol. The maximum absolute atomic E-state index is 13.1. The SMILES string of the molecule is CC/C=C\C/C=C\C/C=C\C/C=C\C/C=C\C/C=C\C/C=C\CCCCCCCCCCCCCCCCCCCC(=O)NC(COP(=O)(O)OCC[N+](C)(C)C)C(O)/C=C/CC/C=C/CC/C=C/CCCCCCCCCCCCCCCCCCCC. The molecule has 0 aliphatic heterocycles. The van der Waals surface area contributed by atoms with Gasteiger partial charge in [0.05, 0.1) is 39.9 Å². The van der Waals surface area contributed by atoms with Gasteiger partial charge >= 0.3 is 7.82 Å². The van der Waals surface area contributed by atoms with Crippen LogP contribution in [-0.2, 0) is 18.4 Å². The number of nitrogens with one attached hydrogen (secondary N) is 1. The first-order valence-electron chi connectivity index (χ1n) is 37.4. The molecule has 0 bridgehead atoms. The smallest absolute Gasteiger partial charge is 0.387 e. The fourth-order valence-corrected chi connectivity index (χ4v) is 11.4. The highest BCUT2D eigenvalue weighted by atomic mass is 31.2. The Bertz CT molecular complexity index is 1870. The second kappa shape index (κ2) is 69.2. The van der Waals surface area contributed by atoms with E-state index in [1.807, 2.05) is 27.2 Å². The van der Waals surface area contributed by atoms with Crippen molar-refractivity contribution in [2.45, 2.75) is 341 Å². The summed E-state index contributed by atoms with van der Waals surface area (Å²) in [5.74, 6) is -0.190. The molecule has 0 spiro atoms. The summed E-state index contributed by atoms with van der Waals surface area (Å²) < 4.78 is 23.8. The Hall–Kier alpha value is -3.10. The molecule has 0 aliphatic rings. The molecule has 9 heteroatoms. The summed E-state index contributed by atoms with van der Waals surface area (Å²) in [4.78, 5) is 23.4. The van der Waals surface area contributed by atoms with Crippen molar-refractivity contribution in [2.24, 2.45) is 0 Å². The first-order chi connectivity index (χ1) is 43.5. The zero-order chi connectivity index (χ0) is 64.8. The molecule has 0 aromatic heterocycles. The molecular weight excluding hydrogens is 1120 g/mol. The van der Waals surface area contributed by atoms with Crippen LogP contribution in [0.5, 0.6) is 0 Å². The average Bonchev–Trinajstić information content (AvgIpc) is 3.55. The first kappa shape index (κ1) is 85.9. The van der Waals surface area contributed by atoms with E-state index in [-0.39, 0.29) is 19.1 Å². The first-order valence-corrected chi connectivity index (χ1v) is 38.9. The number of rotatable bonds is 68. The number of amides is 1. The molecule has 8 nitrogen and oxygen atoms in total. The number of likely N-dealkylation sites (N-methyl/N-ethyl adjacent to an activating group) is 1.